The lowest BCUT2D eigenvalue weighted by Gasteiger charge is -2.04. The first-order chi connectivity index (χ1) is 6.59. The van der Waals surface area contributed by atoms with Gasteiger partial charge in [-0.1, -0.05) is 26.8 Å². The highest BCUT2D eigenvalue weighted by Crippen LogP contribution is 2.38. The monoisotopic (exact) mass is 195 g/mol. The van der Waals surface area contributed by atoms with Gasteiger partial charge in [0.25, 0.3) is 0 Å². The smallest absolute Gasteiger partial charge is 0.243 e. The summed E-state index contributed by atoms with van der Waals surface area (Å²) in [6, 6.07) is 0. The Hall–Kier alpha value is -0.790. The third kappa shape index (κ3) is 4.45. The number of nitrogens with one attached hydrogen (secondary N) is 1. The van der Waals surface area contributed by atoms with Gasteiger partial charge in [0.05, 0.1) is 0 Å². The minimum absolute atomic E-state index is 0.0600. The summed E-state index contributed by atoms with van der Waals surface area (Å²) < 4.78 is 0. The maximum absolute atomic E-state index is 11.3. The van der Waals surface area contributed by atoms with Crippen LogP contribution in [0.3, 0.4) is 0 Å². The van der Waals surface area contributed by atoms with Gasteiger partial charge in [-0.05, 0) is 36.7 Å². The number of rotatable bonds is 5. The Bertz CT molecular complexity index is 220. The number of amides is 1. The van der Waals surface area contributed by atoms with Crippen molar-refractivity contribution in [1.29, 1.82) is 0 Å². The van der Waals surface area contributed by atoms with E-state index in [-0.39, 0.29) is 5.91 Å². The first-order valence-corrected chi connectivity index (χ1v) is 5.55. The quantitative estimate of drug-likeness (QED) is 0.670. The van der Waals surface area contributed by atoms with Crippen LogP contribution in [-0.2, 0) is 4.79 Å². The van der Waals surface area contributed by atoms with Crippen molar-refractivity contribution in [2.75, 3.05) is 6.54 Å². The van der Waals surface area contributed by atoms with E-state index in [9.17, 15) is 4.79 Å². The Morgan fingerprint density at radius 3 is 2.71 bits per heavy atom. The van der Waals surface area contributed by atoms with Gasteiger partial charge in [-0.2, -0.15) is 0 Å². The molecule has 0 spiro atoms. The zero-order valence-electron chi connectivity index (χ0n) is 9.42. The Kier molecular flexibility index (Phi) is 4.18. The lowest BCUT2D eigenvalue weighted by Crippen LogP contribution is -2.23. The molecule has 0 aliphatic heterocycles. The first-order valence-electron chi connectivity index (χ1n) is 5.55. The maximum Gasteiger partial charge on any atom is 0.243 e. The molecule has 2 atom stereocenters. The van der Waals surface area contributed by atoms with Crippen LogP contribution in [0.15, 0.2) is 12.2 Å². The highest BCUT2D eigenvalue weighted by molar-refractivity contribution is 5.87. The zero-order chi connectivity index (χ0) is 10.6. The van der Waals surface area contributed by atoms with Crippen LogP contribution in [0, 0.1) is 17.8 Å². The predicted octanol–water partition coefficient (Wildman–Crippen LogP) is 2.36. The topological polar surface area (TPSA) is 29.1 Å². The van der Waals surface area contributed by atoms with Crippen molar-refractivity contribution in [3.8, 4) is 0 Å². The molecule has 2 unspecified atom stereocenters. The highest BCUT2D eigenvalue weighted by Gasteiger charge is 2.29. The molecule has 0 heterocycles. The molecule has 1 rings (SSSR count). The van der Waals surface area contributed by atoms with E-state index in [1.807, 2.05) is 6.08 Å². The third-order valence-corrected chi connectivity index (χ3v) is 2.69. The fourth-order valence-electron chi connectivity index (χ4n) is 1.37. The SMILES string of the molecule is CC(C)CCNC(=O)C=CC1CC1C. The van der Waals surface area contributed by atoms with Crippen molar-refractivity contribution >= 4 is 5.91 Å². The summed E-state index contributed by atoms with van der Waals surface area (Å²) in [6.07, 6.45) is 6.03. The summed E-state index contributed by atoms with van der Waals surface area (Å²) >= 11 is 0. The molecular formula is C12H21NO. The van der Waals surface area contributed by atoms with Gasteiger partial charge in [0, 0.05) is 6.54 Å². The molecule has 1 amide bonds. The average Bonchev–Trinajstić information content (AvgIpc) is 2.78. The summed E-state index contributed by atoms with van der Waals surface area (Å²) in [5.41, 5.74) is 0. The molecule has 1 aliphatic rings. The largest absolute Gasteiger partial charge is 0.353 e. The van der Waals surface area contributed by atoms with Crippen molar-refractivity contribution in [1.82, 2.24) is 5.32 Å². The molecule has 0 aromatic rings. The summed E-state index contributed by atoms with van der Waals surface area (Å²) in [5, 5.41) is 2.89. The van der Waals surface area contributed by atoms with Crippen molar-refractivity contribution in [3.63, 3.8) is 0 Å². The molecule has 1 N–H and O–H groups in total. The van der Waals surface area contributed by atoms with Crippen LogP contribution in [0.4, 0.5) is 0 Å². The van der Waals surface area contributed by atoms with Crippen molar-refractivity contribution < 1.29 is 4.79 Å². The zero-order valence-corrected chi connectivity index (χ0v) is 9.42. The molecule has 2 nitrogen and oxygen atoms in total. The fraction of sp³-hybridized carbons (Fsp3) is 0.750. The molecule has 1 saturated carbocycles. The van der Waals surface area contributed by atoms with Gasteiger partial charge in [0.15, 0.2) is 0 Å². The summed E-state index contributed by atoms with van der Waals surface area (Å²) in [6.45, 7) is 7.33. The van der Waals surface area contributed by atoms with Crippen molar-refractivity contribution in [2.24, 2.45) is 17.8 Å². The Balaban J connectivity index is 2.07. The molecule has 80 valence electrons. The van der Waals surface area contributed by atoms with E-state index >= 15 is 0 Å². The number of hydrogen-bond donors (Lipinski definition) is 1. The van der Waals surface area contributed by atoms with Crippen LogP contribution in [0.25, 0.3) is 0 Å². The number of hydrogen-bond acceptors (Lipinski definition) is 1. The van der Waals surface area contributed by atoms with E-state index in [0.29, 0.717) is 11.8 Å². The van der Waals surface area contributed by atoms with E-state index in [2.05, 4.69) is 26.1 Å². The maximum atomic E-state index is 11.3. The fourth-order valence-corrected chi connectivity index (χ4v) is 1.37. The molecule has 2 heteroatoms. The van der Waals surface area contributed by atoms with Gasteiger partial charge in [-0.3, -0.25) is 4.79 Å². The Morgan fingerprint density at radius 2 is 2.21 bits per heavy atom. The summed E-state index contributed by atoms with van der Waals surface area (Å²) in [5.74, 6) is 2.16. The number of carbonyl (C=O) groups is 1. The molecule has 0 radical (unpaired) electrons. The van der Waals surface area contributed by atoms with E-state index in [1.165, 1.54) is 6.42 Å². The van der Waals surface area contributed by atoms with Gasteiger partial charge in [-0.25, -0.2) is 0 Å². The van der Waals surface area contributed by atoms with Crippen LogP contribution >= 0.6 is 0 Å². The molecule has 14 heavy (non-hydrogen) atoms. The molecule has 0 saturated heterocycles. The van der Waals surface area contributed by atoms with E-state index < -0.39 is 0 Å². The van der Waals surface area contributed by atoms with E-state index in [1.54, 1.807) is 6.08 Å². The lowest BCUT2D eigenvalue weighted by atomic mass is 10.1. The molecule has 1 aliphatic carbocycles. The normalized spacial score (nSPS) is 25.7. The van der Waals surface area contributed by atoms with Crippen LogP contribution in [0.2, 0.25) is 0 Å². The molecule has 0 aromatic carbocycles. The van der Waals surface area contributed by atoms with E-state index in [0.717, 1.165) is 18.9 Å². The minimum atomic E-state index is 0.0600. The van der Waals surface area contributed by atoms with Crippen LogP contribution in [-0.4, -0.2) is 12.5 Å². The number of carbonyl (C=O) groups excluding carboxylic acids is 1. The Morgan fingerprint density at radius 1 is 1.57 bits per heavy atom. The van der Waals surface area contributed by atoms with Crippen molar-refractivity contribution in [2.45, 2.75) is 33.6 Å². The lowest BCUT2D eigenvalue weighted by molar-refractivity contribution is -0.116. The highest BCUT2D eigenvalue weighted by atomic mass is 16.1. The number of allylic oxidation sites excluding steroid dienone is 1. The van der Waals surface area contributed by atoms with Crippen LogP contribution < -0.4 is 5.32 Å². The molecule has 0 bridgehead atoms. The summed E-state index contributed by atoms with van der Waals surface area (Å²) in [4.78, 5) is 11.3. The third-order valence-electron chi connectivity index (χ3n) is 2.69. The average molecular weight is 195 g/mol. The second-order valence-electron chi connectivity index (χ2n) is 4.71. The van der Waals surface area contributed by atoms with Gasteiger partial charge >= 0.3 is 0 Å². The molecule has 1 fully saturated rings. The van der Waals surface area contributed by atoms with Gasteiger partial charge in [0.1, 0.15) is 0 Å². The Labute approximate surface area is 86.8 Å². The minimum Gasteiger partial charge on any atom is -0.353 e. The second kappa shape index (κ2) is 5.18. The first kappa shape index (κ1) is 11.3. The van der Waals surface area contributed by atoms with Gasteiger partial charge < -0.3 is 5.32 Å². The van der Waals surface area contributed by atoms with Crippen LogP contribution in [0.5, 0.6) is 0 Å². The standard InChI is InChI=1S/C12H21NO/c1-9(2)6-7-13-12(14)5-4-11-8-10(11)3/h4-5,9-11H,6-8H2,1-3H3,(H,13,14). The van der Waals surface area contributed by atoms with Gasteiger partial charge in [0.2, 0.25) is 5.91 Å². The van der Waals surface area contributed by atoms with Crippen LogP contribution in [0.1, 0.15) is 33.6 Å². The van der Waals surface area contributed by atoms with E-state index in [4.69, 9.17) is 0 Å². The summed E-state index contributed by atoms with van der Waals surface area (Å²) in [7, 11) is 0. The van der Waals surface area contributed by atoms with Crippen molar-refractivity contribution in [3.05, 3.63) is 12.2 Å². The molecular weight excluding hydrogens is 174 g/mol. The molecule has 0 aromatic heterocycles. The van der Waals surface area contributed by atoms with Gasteiger partial charge in [-0.15, -0.1) is 0 Å². The second-order valence-corrected chi connectivity index (χ2v) is 4.71. The predicted molar refractivity (Wildman–Crippen MR) is 58.9 cm³/mol.